The summed E-state index contributed by atoms with van der Waals surface area (Å²) in [5, 5.41) is 14.8. The molecule has 0 bridgehead atoms. The normalized spacial score (nSPS) is 10.6. The lowest BCUT2D eigenvalue weighted by Crippen LogP contribution is -2.14. The number of anilines is 2. The number of carbonyl (C=O) groups excluding carboxylic acids is 2. The zero-order valence-corrected chi connectivity index (χ0v) is 14.8. The molecule has 0 atom stereocenters. The number of ether oxygens (including phenoxy) is 1. The molecule has 0 saturated heterocycles. The monoisotopic (exact) mass is 349 g/mol. The second-order valence-electron chi connectivity index (χ2n) is 5.61. The van der Waals surface area contributed by atoms with Gasteiger partial charge in [0.1, 0.15) is 17.4 Å². The maximum absolute atomic E-state index is 12.3. The van der Waals surface area contributed by atoms with Crippen molar-refractivity contribution in [2.45, 2.75) is 13.8 Å². The Balaban J connectivity index is 2.13. The molecular weight excluding hydrogens is 330 g/mol. The number of carbonyl (C=O) groups is 2. The Bertz CT molecular complexity index is 894. The maximum atomic E-state index is 12.3. The molecule has 2 N–H and O–H groups in total. The Kier molecular flexibility index (Phi) is 6.12. The molecule has 1 amide bonds. The van der Waals surface area contributed by atoms with E-state index in [2.05, 4.69) is 10.6 Å². The van der Waals surface area contributed by atoms with E-state index in [9.17, 15) is 14.9 Å². The number of hydrogen-bond acceptors (Lipinski definition) is 5. The minimum atomic E-state index is -0.554. The Hall–Kier alpha value is -3.59. The van der Waals surface area contributed by atoms with Crippen LogP contribution in [0.25, 0.3) is 0 Å². The van der Waals surface area contributed by atoms with Crippen molar-refractivity contribution in [3.63, 3.8) is 0 Å². The van der Waals surface area contributed by atoms with Crippen LogP contribution in [0.3, 0.4) is 0 Å². The summed E-state index contributed by atoms with van der Waals surface area (Å²) in [5.74, 6) is -0.0108. The summed E-state index contributed by atoms with van der Waals surface area (Å²) in [6.45, 7) is 3.40. The Labute approximate surface area is 152 Å². The highest BCUT2D eigenvalue weighted by Gasteiger charge is 2.10. The molecule has 2 aromatic carbocycles. The van der Waals surface area contributed by atoms with Crippen LogP contribution in [-0.2, 0) is 4.79 Å². The summed E-state index contributed by atoms with van der Waals surface area (Å²) in [5.41, 5.74) is 2.61. The van der Waals surface area contributed by atoms with Gasteiger partial charge in [-0.1, -0.05) is 6.07 Å². The van der Waals surface area contributed by atoms with Gasteiger partial charge >= 0.3 is 0 Å². The summed E-state index contributed by atoms with van der Waals surface area (Å²) in [7, 11) is 1.54. The van der Waals surface area contributed by atoms with E-state index >= 15 is 0 Å². The number of nitrogens with one attached hydrogen (secondary N) is 2. The average Bonchev–Trinajstić information content (AvgIpc) is 2.63. The molecule has 0 fully saturated rings. The third kappa shape index (κ3) is 4.71. The van der Waals surface area contributed by atoms with E-state index in [0.717, 1.165) is 5.56 Å². The Morgan fingerprint density at radius 1 is 1.15 bits per heavy atom. The van der Waals surface area contributed by atoms with E-state index in [1.807, 2.05) is 25.1 Å². The smallest absolute Gasteiger partial charge is 0.267 e. The second kappa shape index (κ2) is 8.49. The predicted molar refractivity (Wildman–Crippen MR) is 100 cm³/mol. The van der Waals surface area contributed by atoms with E-state index in [4.69, 9.17) is 4.74 Å². The zero-order valence-electron chi connectivity index (χ0n) is 14.8. The van der Waals surface area contributed by atoms with Crippen molar-refractivity contribution in [2.75, 3.05) is 17.7 Å². The lowest BCUT2D eigenvalue weighted by atomic mass is 10.1. The van der Waals surface area contributed by atoms with Crippen molar-refractivity contribution in [2.24, 2.45) is 0 Å². The van der Waals surface area contributed by atoms with Gasteiger partial charge in [0.05, 0.1) is 12.8 Å². The molecule has 26 heavy (non-hydrogen) atoms. The first kappa shape index (κ1) is 18.7. The zero-order chi connectivity index (χ0) is 19.1. The van der Waals surface area contributed by atoms with Crippen LogP contribution in [0, 0.1) is 18.3 Å². The number of Topliss-reactive ketones (excluding diaryl/α,β-unsaturated/α-hetero) is 1. The van der Waals surface area contributed by atoms with Crippen LogP contribution in [0.5, 0.6) is 5.75 Å². The van der Waals surface area contributed by atoms with Crippen LogP contribution in [0.4, 0.5) is 11.4 Å². The van der Waals surface area contributed by atoms with Gasteiger partial charge < -0.3 is 15.4 Å². The highest BCUT2D eigenvalue weighted by Crippen LogP contribution is 2.25. The van der Waals surface area contributed by atoms with Crippen molar-refractivity contribution < 1.29 is 14.3 Å². The minimum absolute atomic E-state index is 0.0585. The summed E-state index contributed by atoms with van der Waals surface area (Å²) < 4.78 is 5.25. The molecule has 2 rings (SSSR count). The first-order valence-corrected chi connectivity index (χ1v) is 7.88. The molecule has 0 aliphatic carbocycles. The van der Waals surface area contributed by atoms with E-state index in [0.29, 0.717) is 22.7 Å². The van der Waals surface area contributed by atoms with Crippen LogP contribution < -0.4 is 15.4 Å². The van der Waals surface area contributed by atoms with Crippen LogP contribution in [-0.4, -0.2) is 18.8 Å². The Morgan fingerprint density at radius 3 is 2.42 bits per heavy atom. The van der Waals surface area contributed by atoms with Crippen LogP contribution in [0.15, 0.2) is 54.2 Å². The number of ketones is 1. The van der Waals surface area contributed by atoms with Gasteiger partial charge in [-0.05, 0) is 55.8 Å². The lowest BCUT2D eigenvalue weighted by Gasteiger charge is -2.10. The van der Waals surface area contributed by atoms with Crippen LogP contribution in [0.2, 0.25) is 0 Å². The molecule has 0 spiro atoms. The van der Waals surface area contributed by atoms with Crippen molar-refractivity contribution in [1.29, 1.82) is 5.26 Å². The molecule has 0 aliphatic rings. The predicted octanol–water partition coefficient (Wildman–Crippen LogP) is 3.66. The minimum Gasteiger partial charge on any atom is -0.495 e. The molecule has 2 aromatic rings. The first-order valence-electron chi connectivity index (χ1n) is 7.88. The van der Waals surface area contributed by atoms with E-state index in [-0.39, 0.29) is 11.4 Å². The molecule has 0 aliphatic heterocycles. The number of benzene rings is 2. The van der Waals surface area contributed by atoms with Gasteiger partial charge in [-0.3, -0.25) is 9.59 Å². The van der Waals surface area contributed by atoms with Gasteiger partial charge in [-0.2, -0.15) is 5.26 Å². The molecule has 132 valence electrons. The van der Waals surface area contributed by atoms with Crippen LogP contribution >= 0.6 is 0 Å². The van der Waals surface area contributed by atoms with Gasteiger partial charge in [-0.15, -0.1) is 0 Å². The third-order valence-electron chi connectivity index (χ3n) is 3.64. The van der Waals surface area contributed by atoms with E-state index < -0.39 is 5.91 Å². The van der Waals surface area contributed by atoms with Gasteiger partial charge in [0, 0.05) is 17.5 Å². The standard InChI is InChI=1S/C20H19N3O3/c1-13-4-9-19(26-3)18(10-13)22-12-16(11-21)20(25)23-17-7-5-15(6-8-17)14(2)24/h4-10,12,22H,1-3H3,(H,23,25)/b16-12-. The highest BCUT2D eigenvalue weighted by molar-refractivity contribution is 6.07. The van der Waals surface area contributed by atoms with Crippen molar-refractivity contribution in [3.8, 4) is 11.8 Å². The fourth-order valence-corrected chi connectivity index (χ4v) is 2.22. The van der Waals surface area contributed by atoms with Gasteiger partial charge in [0.15, 0.2) is 5.78 Å². The molecular formula is C20H19N3O3. The molecule has 6 heteroatoms. The third-order valence-corrected chi connectivity index (χ3v) is 3.64. The first-order chi connectivity index (χ1) is 12.4. The van der Waals surface area contributed by atoms with E-state index in [1.165, 1.54) is 13.1 Å². The topological polar surface area (TPSA) is 91.2 Å². The maximum Gasteiger partial charge on any atom is 0.267 e. The average molecular weight is 349 g/mol. The number of aryl methyl sites for hydroxylation is 1. The summed E-state index contributed by atoms with van der Waals surface area (Å²) in [6, 6.07) is 13.9. The number of nitrogens with zero attached hydrogens (tertiary/aromatic N) is 1. The summed E-state index contributed by atoms with van der Waals surface area (Å²) >= 11 is 0. The molecule has 0 aromatic heterocycles. The van der Waals surface area contributed by atoms with Gasteiger partial charge in [0.2, 0.25) is 0 Å². The summed E-state index contributed by atoms with van der Waals surface area (Å²) in [4.78, 5) is 23.5. The quantitative estimate of drug-likeness (QED) is 0.472. The molecule has 0 heterocycles. The molecule has 6 nitrogen and oxygen atoms in total. The summed E-state index contributed by atoms with van der Waals surface area (Å²) in [6.07, 6.45) is 1.33. The Morgan fingerprint density at radius 2 is 1.85 bits per heavy atom. The number of nitriles is 1. The fourth-order valence-electron chi connectivity index (χ4n) is 2.22. The van der Waals surface area contributed by atoms with Crippen molar-refractivity contribution in [3.05, 3.63) is 65.4 Å². The highest BCUT2D eigenvalue weighted by atomic mass is 16.5. The molecule has 0 radical (unpaired) electrons. The van der Waals surface area contributed by atoms with Crippen LogP contribution in [0.1, 0.15) is 22.8 Å². The number of methoxy groups -OCH3 is 1. The number of rotatable bonds is 6. The molecule has 0 unspecified atom stereocenters. The van der Waals surface area contributed by atoms with E-state index in [1.54, 1.807) is 37.4 Å². The SMILES string of the molecule is COc1ccc(C)cc1N/C=C(/C#N)C(=O)Nc1ccc(C(C)=O)cc1. The van der Waals surface area contributed by atoms with Gasteiger partial charge in [0.25, 0.3) is 5.91 Å². The molecule has 0 saturated carbocycles. The van der Waals surface area contributed by atoms with Crippen molar-refractivity contribution in [1.82, 2.24) is 0 Å². The largest absolute Gasteiger partial charge is 0.495 e. The number of hydrogen-bond donors (Lipinski definition) is 2. The number of amides is 1. The fraction of sp³-hybridized carbons (Fsp3) is 0.150. The van der Waals surface area contributed by atoms with Crippen molar-refractivity contribution >= 4 is 23.1 Å². The van der Waals surface area contributed by atoms with Gasteiger partial charge in [-0.25, -0.2) is 0 Å². The second-order valence-corrected chi connectivity index (χ2v) is 5.61. The lowest BCUT2D eigenvalue weighted by molar-refractivity contribution is -0.112.